The lowest BCUT2D eigenvalue weighted by molar-refractivity contribution is 0.601. The number of pyridine rings is 1. The predicted molar refractivity (Wildman–Crippen MR) is 70.9 cm³/mol. The molecule has 0 fully saturated rings. The number of nitrogen functional groups attached to an aromatic ring is 1. The van der Waals surface area contributed by atoms with E-state index in [4.69, 9.17) is 17.3 Å². The molecule has 0 aliphatic heterocycles. The van der Waals surface area contributed by atoms with E-state index in [-0.39, 0.29) is 21.4 Å². The van der Waals surface area contributed by atoms with Crippen LogP contribution in [0.15, 0.2) is 47.5 Å². The number of aromatic nitrogens is 1. The average molecular weight is 284 g/mol. The summed E-state index contributed by atoms with van der Waals surface area (Å²) in [5.41, 5.74) is 5.73. The summed E-state index contributed by atoms with van der Waals surface area (Å²) in [6, 6.07) is 9.40. The van der Waals surface area contributed by atoms with Crippen molar-refractivity contribution in [2.75, 3.05) is 10.5 Å². The summed E-state index contributed by atoms with van der Waals surface area (Å²) >= 11 is 5.86. The molecule has 0 amide bonds. The van der Waals surface area contributed by atoms with Crippen molar-refractivity contribution in [1.29, 1.82) is 0 Å². The molecule has 2 rings (SSSR count). The van der Waals surface area contributed by atoms with E-state index in [1.165, 1.54) is 24.4 Å². The summed E-state index contributed by atoms with van der Waals surface area (Å²) in [6.07, 6.45) is 1.48. The third-order valence-corrected chi connectivity index (χ3v) is 4.07. The third kappa shape index (κ3) is 2.55. The Hall–Kier alpha value is -1.79. The summed E-state index contributed by atoms with van der Waals surface area (Å²) < 4.78 is 26.6. The minimum Gasteiger partial charge on any atom is -0.398 e. The largest absolute Gasteiger partial charge is 0.398 e. The van der Waals surface area contributed by atoms with Gasteiger partial charge in [0.1, 0.15) is 10.7 Å². The van der Waals surface area contributed by atoms with Gasteiger partial charge in [-0.05, 0) is 24.3 Å². The smallest absolute Gasteiger partial charge is 0.266 e. The topological polar surface area (TPSA) is 85.1 Å². The highest BCUT2D eigenvalue weighted by Crippen LogP contribution is 2.28. The van der Waals surface area contributed by atoms with Crippen LogP contribution in [-0.4, -0.2) is 13.4 Å². The van der Waals surface area contributed by atoms with Crippen LogP contribution in [0.25, 0.3) is 0 Å². The molecule has 94 valence electrons. The maximum Gasteiger partial charge on any atom is 0.266 e. The van der Waals surface area contributed by atoms with E-state index in [0.717, 1.165) is 0 Å². The lowest BCUT2D eigenvalue weighted by Gasteiger charge is -2.10. The van der Waals surface area contributed by atoms with Gasteiger partial charge in [-0.1, -0.05) is 23.7 Å². The van der Waals surface area contributed by atoms with Crippen molar-refractivity contribution < 1.29 is 8.42 Å². The molecule has 1 aromatic carbocycles. The van der Waals surface area contributed by atoms with Crippen molar-refractivity contribution >= 4 is 33.1 Å². The van der Waals surface area contributed by atoms with Gasteiger partial charge in [0.05, 0.1) is 10.7 Å². The number of sulfonamides is 1. The van der Waals surface area contributed by atoms with Crippen LogP contribution in [0.2, 0.25) is 5.02 Å². The number of hydrogen-bond donors (Lipinski definition) is 2. The van der Waals surface area contributed by atoms with Crippen LogP contribution in [0.3, 0.4) is 0 Å². The fourth-order valence-corrected chi connectivity index (χ4v) is 3.11. The highest BCUT2D eigenvalue weighted by atomic mass is 35.5. The van der Waals surface area contributed by atoms with Gasteiger partial charge in [0.25, 0.3) is 10.0 Å². The molecule has 0 spiro atoms. The lowest BCUT2D eigenvalue weighted by atomic mass is 10.3. The zero-order chi connectivity index (χ0) is 13.2. The number of nitrogens with one attached hydrogen (secondary N) is 1. The first-order valence-electron chi connectivity index (χ1n) is 4.98. The molecule has 5 nitrogen and oxygen atoms in total. The lowest BCUT2D eigenvalue weighted by Crippen LogP contribution is -2.16. The zero-order valence-electron chi connectivity index (χ0n) is 9.17. The van der Waals surface area contributed by atoms with E-state index >= 15 is 0 Å². The summed E-state index contributed by atoms with van der Waals surface area (Å²) in [5, 5.41) is 0.0680. The zero-order valence-corrected chi connectivity index (χ0v) is 10.7. The summed E-state index contributed by atoms with van der Waals surface area (Å²) in [6.45, 7) is 0. The fraction of sp³-hybridized carbons (Fsp3) is 0. The maximum atomic E-state index is 12.1. The molecule has 7 heteroatoms. The van der Waals surface area contributed by atoms with Crippen molar-refractivity contribution in [1.82, 2.24) is 4.98 Å². The molecule has 1 aromatic heterocycles. The second-order valence-electron chi connectivity index (χ2n) is 3.48. The van der Waals surface area contributed by atoms with Gasteiger partial charge in [0.2, 0.25) is 0 Å². The second-order valence-corrected chi connectivity index (χ2v) is 5.51. The van der Waals surface area contributed by atoms with Gasteiger partial charge in [0.15, 0.2) is 0 Å². The Balaban J connectivity index is 2.44. The first kappa shape index (κ1) is 12.7. The van der Waals surface area contributed by atoms with Crippen LogP contribution in [0.4, 0.5) is 11.5 Å². The summed E-state index contributed by atoms with van der Waals surface area (Å²) in [7, 11) is -3.84. The molecule has 3 N–H and O–H groups in total. The normalized spacial score (nSPS) is 11.2. The van der Waals surface area contributed by atoms with Crippen molar-refractivity contribution in [2.24, 2.45) is 0 Å². The Kier molecular flexibility index (Phi) is 3.40. The number of halogens is 1. The van der Waals surface area contributed by atoms with Crippen molar-refractivity contribution in [2.45, 2.75) is 4.90 Å². The molecular weight excluding hydrogens is 274 g/mol. The van der Waals surface area contributed by atoms with Gasteiger partial charge in [-0.25, -0.2) is 13.4 Å². The van der Waals surface area contributed by atoms with Crippen LogP contribution < -0.4 is 10.5 Å². The van der Waals surface area contributed by atoms with Gasteiger partial charge < -0.3 is 5.73 Å². The van der Waals surface area contributed by atoms with Gasteiger partial charge in [-0.15, -0.1) is 0 Å². The molecule has 0 aliphatic carbocycles. The maximum absolute atomic E-state index is 12.1. The molecule has 0 radical (unpaired) electrons. The molecule has 0 unspecified atom stereocenters. The number of hydrogen-bond acceptors (Lipinski definition) is 4. The van der Waals surface area contributed by atoms with Crippen LogP contribution in [0.5, 0.6) is 0 Å². The predicted octanol–water partition coefficient (Wildman–Crippen LogP) is 2.12. The van der Waals surface area contributed by atoms with Crippen LogP contribution in [0.1, 0.15) is 0 Å². The number of benzene rings is 1. The Morgan fingerprint density at radius 3 is 2.56 bits per heavy atom. The molecular formula is C11H10ClN3O2S. The minimum absolute atomic E-state index is 0.0680. The molecule has 2 aromatic rings. The van der Waals surface area contributed by atoms with Gasteiger partial charge in [-0.2, -0.15) is 0 Å². The monoisotopic (exact) mass is 283 g/mol. The molecule has 1 heterocycles. The Morgan fingerprint density at radius 2 is 1.94 bits per heavy atom. The molecule has 18 heavy (non-hydrogen) atoms. The number of anilines is 2. The average Bonchev–Trinajstić information content (AvgIpc) is 2.28. The van der Waals surface area contributed by atoms with E-state index in [0.29, 0.717) is 0 Å². The van der Waals surface area contributed by atoms with Gasteiger partial charge in [-0.3, -0.25) is 4.72 Å². The van der Waals surface area contributed by atoms with Crippen LogP contribution >= 0.6 is 11.6 Å². The van der Waals surface area contributed by atoms with E-state index in [9.17, 15) is 8.42 Å². The number of nitrogens with zero attached hydrogens (tertiary/aromatic N) is 1. The first-order valence-corrected chi connectivity index (χ1v) is 6.84. The van der Waals surface area contributed by atoms with Crippen molar-refractivity contribution in [3.63, 3.8) is 0 Å². The van der Waals surface area contributed by atoms with E-state index in [1.54, 1.807) is 18.2 Å². The van der Waals surface area contributed by atoms with E-state index < -0.39 is 10.0 Å². The highest BCUT2D eigenvalue weighted by Gasteiger charge is 2.21. The van der Waals surface area contributed by atoms with Crippen molar-refractivity contribution in [3.05, 3.63) is 47.6 Å². The molecule has 0 saturated heterocycles. The first-order chi connectivity index (χ1) is 8.50. The number of nitrogens with two attached hydrogens (primary N) is 1. The number of rotatable bonds is 3. The van der Waals surface area contributed by atoms with E-state index in [2.05, 4.69) is 9.71 Å². The van der Waals surface area contributed by atoms with Crippen LogP contribution in [-0.2, 0) is 10.0 Å². The molecule has 0 atom stereocenters. The fourth-order valence-electron chi connectivity index (χ4n) is 1.42. The van der Waals surface area contributed by atoms with Gasteiger partial charge in [0, 0.05) is 6.20 Å². The Morgan fingerprint density at radius 1 is 1.17 bits per heavy atom. The second kappa shape index (κ2) is 4.83. The summed E-state index contributed by atoms with van der Waals surface area (Å²) in [4.78, 5) is 3.73. The Bertz CT molecular complexity index is 639. The quantitative estimate of drug-likeness (QED) is 0.845. The highest BCUT2D eigenvalue weighted by molar-refractivity contribution is 7.93. The standard InChI is InChI=1S/C11H10ClN3O2S/c12-8-4-3-5-9(13)11(8)18(16,17)15-10-6-1-2-7-14-10/h1-7H,13H2,(H,14,15). The minimum atomic E-state index is -3.84. The van der Waals surface area contributed by atoms with Crippen LogP contribution in [0, 0.1) is 0 Å². The van der Waals surface area contributed by atoms with E-state index in [1.807, 2.05) is 0 Å². The SMILES string of the molecule is Nc1cccc(Cl)c1S(=O)(=O)Nc1ccccn1. The molecule has 0 bridgehead atoms. The molecule has 0 aliphatic rings. The summed E-state index contributed by atoms with van der Waals surface area (Å²) in [5.74, 6) is 0.205. The van der Waals surface area contributed by atoms with Gasteiger partial charge >= 0.3 is 0 Å². The van der Waals surface area contributed by atoms with Crippen molar-refractivity contribution in [3.8, 4) is 0 Å². The third-order valence-electron chi connectivity index (χ3n) is 2.17. The molecule has 0 saturated carbocycles. The Labute approximate surface area is 110 Å².